The first-order chi connectivity index (χ1) is 16.1. The van der Waals surface area contributed by atoms with Crippen LogP contribution in [-0.4, -0.2) is 40.1 Å². The second-order valence-corrected chi connectivity index (χ2v) is 11.3. The minimum atomic E-state index is -1.57. The number of allylic oxidation sites excluding steroid dienone is 1. The molecular weight excluding hydrogens is 430 g/mol. The number of para-hydroxylation sites is 2. The van der Waals surface area contributed by atoms with Crippen LogP contribution >= 0.6 is 0 Å². The Morgan fingerprint density at radius 2 is 1.97 bits per heavy atom. The Kier molecular flexibility index (Phi) is 5.50. The first kappa shape index (κ1) is 23.3. The van der Waals surface area contributed by atoms with E-state index in [9.17, 15) is 19.8 Å². The number of rotatable bonds is 4. The van der Waals surface area contributed by atoms with Gasteiger partial charge in [0.1, 0.15) is 18.0 Å². The number of aliphatic hydroxyl groups excluding tert-OH is 1. The molecule has 34 heavy (non-hydrogen) atoms. The topological polar surface area (TPSA) is 88.2 Å². The van der Waals surface area contributed by atoms with Gasteiger partial charge in [0.2, 0.25) is 11.5 Å². The fraction of sp³-hybridized carbons (Fsp3) is 0.607. The zero-order chi connectivity index (χ0) is 24.3. The average molecular weight is 464 g/mol. The highest BCUT2D eigenvalue weighted by molar-refractivity contribution is 5.92. The van der Waals surface area contributed by atoms with E-state index < -0.39 is 17.1 Å². The monoisotopic (exact) mass is 463 g/mol. The van der Waals surface area contributed by atoms with Crippen molar-refractivity contribution in [1.29, 1.82) is 0 Å². The lowest BCUT2D eigenvalue weighted by atomic mass is 9.45. The summed E-state index contributed by atoms with van der Waals surface area (Å²) in [6.45, 7) is 11.1. The van der Waals surface area contributed by atoms with Crippen LogP contribution in [0.5, 0.6) is 5.75 Å². The standard InChI is InChI=1S/C28H33NO5/c1-26-12-10-18(30)14-17(26)8-9-19-20-11-13-28(33,27(20,2)15-22(31)25(19)26)24(32)16-34-23-7-5-4-6-21(23)29-3/h4-7,14,19-20,22,25,31,33H,8-13,15-16H2,1-2H3/t19?,20?,22-,25?,26?,27?,28-/m0/s1. The summed E-state index contributed by atoms with van der Waals surface area (Å²) in [5, 5.41) is 23.3. The average Bonchev–Trinajstić information content (AvgIpc) is 3.09. The van der Waals surface area contributed by atoms with Gasteiger partial charge in [-0.1, -0.05) is 37.6 Å². The second kappa shape index (κ2) is 8.03. The van der Waals surface area contributed by atoms with Crippen LogP contribution < -0.4 is 4.74 Å². The minimum Gasteiger partial charge on any atom is -0.497 e. The van der Waals surface area contributed by atoms with E-state index in [0.29, 0.717) is 30.7 Å². The van der Waals surface area contributed by atoms with Crippen molar-refractivity contribution in [2.45, 2.75) is 70.5 Å². The van der Waals surface area contributed by atoms with Gasteiger partial charge in [-0.05, 0) is 73.8 Å². The zero-order valence-corrected chi connectivity index (χ0v) is 19.9. The van der Waals surface area contributed by atoms with Gasteiger partial charge in [-0.2, -0.15) is 0 Å². The number of aliphatic hydroxyl groups is 2. The van der Waals surface area contributed by atoms with Crippen LogP contribution in [-0.2, 0) is 9.59 Å². The molecule has 0 spiro atoms. The molecule has 4 aliphatic carbocycles. The first-order valence-corrected chi connectivity index (χ1v) is 12.4. The Bertz CT molecular complexity index is 1100. The van der Waals surface area contributed by atoms with E-state index in [2.05, 4.69) is 11.8 Å². The summed E-state index contributed by atoms with van der Waals surface area (Å²) in [6.07, 6.45) is 5.61. The molecule has 180 valence electrons. The summed E-state index contributed by atoms with van der Waals surface area (Å²) >= 11 is 0. The molecule has 3 fully saturated rings. The quantitative estimate of drug-likeness (QED) is 0.646. The van der Waals surface area contributed by atoms with Crippen molar-refractivity contribution in [3.63, 3.8) is 0 Å². The van der Waals surface area contributed by atoms with Crippen LogP contribution in [0.25, 0.3) is 4.85 Å². The van der Waals surface area contributed by atoms with Crippen LogP contribution in [0.4, 0.5) is 5.69 Å². The highest BCUT2D eigenvalue weighted by Crippen LogP contribution is 2.67. The molecule has 1 aromatic carbocycles. The van der Waals surface area contributed by atoms with Gasteiger partial charge in [-0.15, -0.1) is 0 Å². The Labute approximate surface area is 200 Å². The van der Waals surface area contributed by atoms with E-state index in [1.54, 1.807) is 24.3 Å². The predicted molar refractivity (Wildman–Crippen MR) is 126 cm³/mol. The number of ketones is 2. The number of benzene rings is 1. The maximum atomic E-state index is 13.4. The normalized spacial score (nSPS) is 40.9. The zero-order valence-electron chi connectivity index (χ0n) is 19.9. The maximum Gasteiger partial charge on any atom is 0.228 e. The molecule has 3 saturated carbocycles. The summed E-state index contributed by atoms with van der Waals surface area (Å²) < 4.78 is 5.70. The van der Waals surface area contributed by atoms with E-state index in [4.69, 9.17) is 11.3 Å². The smallest absolute Gasteiger partial charge is 0.228 e. The van der Waals surface area contributed by atoms with Gasteiger partial charge in [0.25, 0.3) is 0 Å². The third-order valence-corrected chi connectivity index (χ3v) is 9.85. The first-order valence-electron chi connectivity index (χ1n) is 12.4. The summed E-state index contributed by atoms with van der Waals surface area (Å²) in [5.41, 5.74) is -1.01. The van der Waals surface area contributed by atoms with Gasteiger partial charge < -0.3 is 14.9 Å². The Hall–Kier alpha value is -2.49. The van der Waals surface area contributed by atoms with Crippen LogP contribution in [0, 0.1) is 35.2 Å². The van der Waals surface area contributed by atoms with Gasteiger partial charge in [0.05, 0.1) is 12.7 Å². The molecule has 6 heteroatoms. The van der Waals surface area contributed by atoms with Crippen LogP contribution in [0.3, 0.4) is 0 Å². The molecule has 4 aliphatic rings. The summed E-state index contributed by atoms with van der Waals surface area (Å²) in [4.78, 5) is 28.9. The fourth-order valence-corrected chi connectivity index (χ4v) is 8.08. The summed E-state index contributed by atoms with van der Waals surface area (Å²) in [6, 6.07) is 6.78. The molecule has 0 radical (unpaired) electrons. The summed E-state index contributed by atoms with van der Waals surface area (Å²) in [7, 11) is 0. The number of nitrogens with zero attached hydrogens (tertiary/aromatic N) is 1. The number of Topliss-reactive ketones (excluding diaryl/α,β-unsaturated/α-hetero) is 1. The largest absolute Gasteiger partial charge is 0.497 e. The number of carbonyl (C=O) groups excluding carboxylic acids is 2. The second-order valence-electron chi connectivity index (χ2n) is 11.3. The van der Waals surface area contributed by atoms with Crippen molar-refractivity contribution in [1.82, 2.24) is 0 Å². The minimum absolute atomic E-state index is 0.0397. The molecule has 2 N–H and O–H groups in total. The maximum absolute atomic E-state index is 13.4. The third-order valence-electron chi connectivity index (χ3n) is 9.85. The van der Waals surface area contributed by atoms with Crippen molar-refractivity contribution in [3.05, 3.63) is 47.3 Å². The molecule has 5 unspecified atom stereocenters. The van der Waals surface area contributed by atoms with Crippen molar-refractivity contribution in [3.8, 4) is 5.75 Å². The van der Waals surface area contributed by atoms with Gasteiger partial charge in [0, 0.05) is 11.8 Å². The molecule has 0 amide bonds. The molecule has 0 aromatic heterocycles. The lowest BCUT2D eigenvalue weighted by molar-refractivity contribution is -0.181. The number of fused-ring (bicyclic) bond motifs is 5. The van der Waals surface area contributed by atoms with Gasteiger partial charge in [-0.25, -0.2) is 4.85 Å². The number of carbonyl (C=O) groups is 2. The molecule has 7 atom stereocenters. The van der Waals surface area contributed by atoms with E-state index in [0.717, 1.165) is 25.7 Å². The highest BCUT2D eigenvalue weighted by Gasteiger charge is 2.68. The molecule has 0 aliphatic heterocycles. The van der Waals surface area contributed by atoms with Crippen molar-refractivity contribution in [2.24, 2.45) is 28.6 Å². The number of hydrogen-bond donors (Lipinski definition) is 2. The lowest BCUT2D eigenvalue weighted by Crippen LogP contribution is -2.62. The Morgan fingerprint density at radius 1 is 1.21 bits per heavy atom. The Balaban J connectivity index is 1.40. The molecule has 1 aromatic rings. The van der Waals surface area contributed by atoms with Gasteiger partial charge >= 0.3 is 0 Å². The van der Waals surface area contributed by atoms with Crippen molar-refractivity contribution in [2.75, 3.05) is 6.61 Å². The summed E-state index contributed by atoms with van der Waals surface area (Å²) in [5.74, 6) is 0.508. The van der Waals surface area contributed by atoms with Crippen molar-refractivity contribution < 1.29 is 24.5 Å². The molecule has 6 nitrogen and oxygen atoms in total. The van der Waals surface area contributed by atoms with Crippen LogP contribution in [0.2, 0.25) is 0 Å². The molecule has 5 rings (SSSR count). The SMILES string of the molecule is [C-]#[N+]c1ccccc1OCC(=O)[C@@]1(O)CCC2C3CCC4=CC(=O)CCC4(C)C3[C@@H](O)CC21C. The van der Waals surface area contributed by atoms with E-state index in [-0.39, 0.29) is 41.3 Å². The highest BCUT2D eigenvalue weighted by atomic mass is 16.5. The number of hydrogen-bond acceptors (Lipinski definition) is 5. The molecule has 0 bridgehead atoms. The van der Waals surface area contributed by atoms with Gasteiger partial charge in [0.15, 0.2) is 5.78 Å². The third kappa shape index (κ3) is 3.21. The lowest BCUT2D eigenvalue weighted by Gasteiger charge is -2.60. The van der Waals surface area contributed by atoms with E-state index >= 15 is 0 Å². The van der Waals surface area contributed by atoms with Crippen LogP contribution in [0.15, 0.2) is 35.9 Å². The van der Waals surface area contributed by atoms with Gasteiger partial charge in [-0.3, -0.25) is 9.59 Å². The molecule has 0 saturated heterocycles. The van der Waals surface area contributed by atoms with E-state index in [1.165, 1.54) is 5.57 Å². The fourth-order valence-electron chi connectivity index (χ4n) is 8.08. The molecule has 0 heterocycles. The predicted octanol–water partition coefficient (Wildman–Crippen LogP) is 4.42. The molecular formula is C28H33NO5. The Morgan fingerprint density at radius 3 is 2.74 bits per heavy atom. The number of ether oxygens (including phenoxy) is 1. The van der Waals surface area contributed by atoms with E-state index in [1.807, 2.05) is 13.0 Å². The van der Waals surface area contributed by atoms with Crippen molar-refractivity contribution >= 4 is 17.3 Å². The van der Waals surface area contributed by atoms with Crippen LogP contribution in [0.1, 0.15) is 58.8 Å².